The highest BCUT2D eigenvalue weighted by molar-refractivity contribution is 5.79. The topological polar surface area (TPSA) is 57.6 Å². The van der Waals surface area contributed by atoms with Crippen molar-refractivity contribution in [1.82, 2.24) is 4.90 Å². The molecule has 0 aromatic heterocycles. The number of benzene rings is 2. The van der Waals surface area contributed by atoms with Crippen molar-refractivity contribution in [1.29, 1.82) is 0 Å². The summed E-state index contributed by atoms with van der Waals surface area (Å²) in [5.41, 5.74) is 1.30. The molecular weight excluding hydrogens is 309 g/mol. The van der Waals surface area contributed by atoms with Crippen molar-refractivity contribution in [3.8, 4) is 0 Å². The number of carbonyl (C=O) groups excluding carboxylic acids is 1. The second-order valence-corrected chi connectivity index (χ2v) is 5.57. The van der Waals surface area contributed by atoms with E-state index >= 15 is 0 Å². The first-order valence-corrected chi connectivity index (χ1v) is 7.83. The molecule has 0 saturated carbocycles. The van der Waals surface area contributed by atoms with Crippen LogP contribution in [-0.4, -0.2) is 28.4 Å². The van der Waals surface area contributed by atoms with E-state index in [0.29, 0.717) is 25.1 Å². The van der Waals surface area contributed by atoms with E-state index in [9.17, 15) is 14.0 Å². The maximum atomic E-state index is 13.7. The van der Waals surface area contributed by atoms with Gasteiger partial charge < -0.3 is 10.0 Å². The fraction of sp³-hybridized carbons (Fsp3) is 0.263. The minimum Gasteiger partial charge on any atom is -0.481 e. The fourth-order valence-electron chi connectivity index (χ4n) is 2.43. The summed E-state index contributed by atoms with van der Waals surface area (Å²) >= 11 is 0. The van der Waals surface area contributed by atoms with E-state index < -0.39 is 11.8 Å². The average Bonchev–Trinajstić information content (AvgIpc) is 2.56. The summed E-state index contributed by atoms with van der Waals surface area (Å²) in [6.45, 7) is 0.711. The van der Waals surface area contributed by atoms with Crippen LogP contribution in [0.2, 0.25) is 0 Å². The number of hydrogen-bond acceptors (Lipinski definition) is 2. The molecule has 5 heteroatoms. The lowest BCUT2D eigenvalue weighted by atomic mass is 10.1. The molecule has 0 aliphatic carbocycles. The lowest BCUT2D eigenvalue weighted by Crippen LogP contribution is -2.33. The van der Waals surface area contributed by atoms with E-state index in [1.165, 1.54) is 6.07 Å². The van der Waals surface area contributed by atoms with E-state index in [1.54, 1.807) is 23.1 Å². The maximum absolute atomic E-state index is 13.7. The Kier molecular flexibility index (Phi) is 6.49. The molecule has 0 saturated heterocycles. The van der Waals surface area contributed by atoms with Crippen molar-refractivity contribution in [3.63, 3.8) is 0 Å². The average molecular weight is 329 g/mol. The normalized spacial score (nSPS) is 10.4. The van der Waals surface area contributed by atoms with Crippen LogP contribution in [0.5, 0.6) is 0 Å². The van der Waals surface area contributed by atoms with Crippen LogP contribution >= 0.6 is 0 Å². The fourth-order valence-corrected chi connectivity index (χ4v) is 2.43. The van der Waals surface area contributed by atoms with Gasteiger partial charge in [0.1, 0.15) is 5.82 Å². The summed E-state index contributed by atoms with van der Waals surface area (Å²) in [4.78, 5) is 24.8. The number of hydrogen-bond donors (Lipinski definition) is 1. The predicted molar refractivity (Wildman–Crippen MR) is 88.8 cm³/mol. The highest BCUT2D eigenvalue weighted by Gasteiger charge is 2.16. The molecule has 2 rings (SSSR count). The maximum Gasteiger partial charge on any atom is 0.303 e. The van der Waals surface area contributed by atoms with E-state index in [0.717, 1.165) is 5.56 Å². The molecule has 0 fully saturated rings. The molecule has 4 nitrogen and oxygen atoms in total. The van der Waals surface area contributed by atoms with Crippen LogP contribution in [0.25, 0.3) is 0 Å². The Morgan fingerprint density at radius 1 is 1.00 bits per heavy atom. The Bertz CT molecular complexity index is 688. The van der Waals surface area contributed by atoms with Crippen molar-refractivity contribution in [2.24, 2.45) is 0 Å². The van der Waals surface area contributed by atoms with Crippen molar-refractivity contribution >= 4 is 11.9 Å². The zero-order valence-electron chi connectivity index (χ0n) is 13.3. The molecule has 1 amide bonds. The van der Waals surface area contributed by atoms with Gasteiger partial charge in [-0.05, 0) is 23.6 Å². The Balaban J connectivity index is 2.06. The summed E-state index contributed by atoms with van der Waals surface area (Å²) in [6.07, 6.45) is 0.329. The van der Waals surface area contributed by atoms with Gasteiger partial charge in [-0.15, -0.1) is 0 Å². The van der Waals surface area contributed by atoms with E-state index in [1.807, 2.05) is 30.3 Å². The SMILES string of the molecule is O=C(O)CCCN(Cc1ccccc1)C(=O)Cc1ccccc1F. The molecule has 0 atom stereocenters. The third-order valence-electron chi connectivity index (χ3n) is 3.69. The zero-order valence-corrected chi connectivity index (χ0v) is 13.3. The number of rotatable bonds is 8. The van der Waals surface area contributed by atoms with Gasteiger partial charge >= 0.3 is 5.97 Å². The lowest BCUT2D eigenvalue weighted by Gasteiger charge is -2.23. The van der Waals surface area contributed by atoms with Crippen LogP contribution in [0.1, 0.15) is 24.0 Å². The van der Waals surface area contributed by atoms with Crippen molar-refractivity contribution in [2.75, 3.05) is 6.54 Å². The first kappa shape index (κ1) is 17.7. The first-order valence-electron chi connectivity index (χ1n) is 7.83. The van der Waals surface area contributed by atoms with Gasteiger partial charge in [0.25, 0.3) is 0 Å². The second kappa shape index (κ2) is 8.82. The van der Waals surface area contributed by atoms with E-state index in [-0.39, 0.29) is 18.7 Å². The van der Waals surface area contributed by atoms with Crippen molar-refractivity contribution in [3.05, 3.63) is 71.5 Å². The van der Waals surface area contributed by atoms with Crippen LogP contribution in [0.3, 0.4) is 0 Å². The molecule has 1 N–H and O–H groups in total. The molecule has 24 heavy (non-hydrogen) atoms. The summed E-state index contributed by atoms with van der Waals surface area (Å²) in [5, 5.41) is 8.77. The number of nitrogens with zero attached hydrogens (tertiary/aromatic N) is 1. The van der Waals surface area contributed by atoms with Gasteiger partial charge in [0.2, 0.25) is 5.91 Å². The molecule has 2 aromatic carbocycles. The Morgan fingerprint density at radius 2 is 1.67 bits per heavy atom. The Morgan fingerprint density at radius 3 is 2.33 bits per heavy atom. The highest BCUT2D eigenvalue weighted by Crippen LogP contribution is 2.12. The van der Waals surface area contributed by atoms with Gasteiger partial charge in [-0.2, -0.15) is 0 Å². The van der Waals surface area contributed by atoms with Gasteiger partial charge in [0.15, 0.2) is 0 Å². The van der Waals surface area contributed by atoms with Crippen molar-refractivity contribution < 1.29 is 19.1 Å². The quantitative estimate of drug-likeness (QED) is 0.809. The standard InChI is InChI=1S/C19H20FNO3/c20-17-10-5-4-9-16(17)13-18(22)21(12-6-11-19(23)24)14-15-7-2-1-3-8-15/h1-5,7-10H,6,11-14H2,(H,23,24). The number of carboxylic acid groups (broad SMARTS) is 1. The second-order valence-electron chi connectivity index (χ2n) is 5.57. The largest absolute Gasteiger partial charge is 0.481 e. The van der Waals surface area contributed by atoms with Gasteiger partial charge in [-0.3, -0.25) is 9.59 Å². The molecule has 0 heterocycles. The third-order valence-corrected chi connectivity index (χ3v) is 3.69. The number of carbonyl (C=O) groups is 2. The first-order chi connectivity index (χ1) is 11.6. The summed E-state index contributed by atoms with van der Waals surface area (Å²) in [7, 11) is 0. The summed E-state index contributed by atoms with van der Waals surface area (Å²) < 4.78 is 13.7. The summed E-state index contributed by atoms with van der Waals surface area (Å²) in [5.74, 6) is -1.51. The Labute approximate surface area is 140 Å². The van der Waals surface area contributed by atoms with Gasteiger partial charge in [0.05, 0.1) is 6.42 Å². The third kappa shape index (κ3) is 5.50. The molecule has 0 aliphatic rings. The molecule has 0 bridgehead atoms. The van der Waals surface area contributed by atoms with E-state index in [4.69, 9.17) is 5.11 Å². The molecule has 0 aliphatic heterocycles. The van der Waals surface area contributed by atoms with Crippen molar-refractivity contribution in [2.45, 2.75) is 25.8 Å². The van der Waals surface area contributed by atoms with Gasteiger partial charge in [-0.1, -0.05) is 48.5 Å². The molecule has 0 spiro atoms. The van der Waals surface area contributed by atoms with E-state index in [2.05, 4.69) is 0 Å². The minimum absolute atomic E-state index is 0.00172. The zero-order chi connectivity index (χ0) is 17.4. The molecule has 0 unspecified atom stereocenters. The number of halogens is 1. The summed E-state index contributed by atoms with van der Waals surface area (Å²) in [6, 6.07) is 15.6. The number of aliphatic carboxylic acids is 1. The molecular formula is C19H20FNO3. The number of carboxylic acids is 1. The van der Waals surface area contributed by atoms with Gasteiger partial charge in [0, 0.05) is 19.5 Å². The van der Waals surface area contributed by atoms with Crippen LogP contribution in [-0.2, 0) is 22.6 Å². The molecule has 0 radical (unpaired) electrons. The predicted octanol–water partition coefficient (Wildman–Crippen LogP) is 3.26. The van der Waals surface area contributed by atoms with Crippen LogP contribution in [0.4, 0.5) is 4.39 Å². The Hall–Kier alpha value is -2.69. The van der Waals surface area contributed by atoms with Crippen LogP contribution in [0, 0.1) is 5.82 Å². The highest BCUT2D eigenvalue weighted by atomic mass is 19.1. The molecule has 2 aromatic rings. The molecule has 126 valence electrons. The van der Waals surface area contributed by atoms with Crippen LogP contribution < -0.4 is 0 Å². The lowest BCUT2D eigenvalue weighted by molar-refractivity contribution is -0.138. The monoisotopic (exact) mass is 329 g/mol. The van der Waals surface area contributed by atoms with Gasteiger partial charge in [-0.25, -0.2) is 4.39 Å². The smallest absolute Gasteiger partial charge is 0.303 e. The van der Waals surface area contributed by atoms with Crippen LogP contribution in [0.15, 0.2) is 54.6 Å². The minimum atomic E-state index is -0.892. The number of amides is 1.